The van der Waals surface area contributed by atoms with E-state index in [1.165, 1.54) is 95.5 Å². The number of rotatable bonds is 29. The van der Waals surface area contributed by atoms with Gasteiger partial charge in [-0.2, -0.15) is 11.8 Å². The molecule has 0 bridgehead atoms. The summed E-state index contributed by atoms with van der Waals surface area (Å²) in [6.07, 6.45) is 27.1. The number of hydrogen-bond donors (Lipinski definition) is 1. The Morgan fingerprint density at radius 3 is 1.76 bits per heavy atom. The van der Waals surface area contributed by atoms with Gasteiger partial charge in [-0.3, -0.25) is 9.59 Å². The molecule has 0 saturated heterocycles. The van der Waals surface area contributed by atoms with Crippen LogP contribution in [0.15, 0.2) is 12.1 Å². The first-order valence-corrected chi connectivity index (χ1v) is 19.9. The Morgan fingerprint density at radius 2 is 1.20 bits per heavy atom. The number of benzene rings is 1. The van der Waals surface area contributed by atoms with Gasteiger partial charge in [0.2, 0.25) is 0 Å². The number of aryl methyl sites for hydroxylation is 2. The van der Waals surface area contributed by atoms with Crippen molar-refractivity contribution >= 4 is 23.5 Å². The molecule has 0 atom stereocenters. The lowest BCUT2D eigenvalue weighted by atomic mass is 9.83. The third-order valence-electron chi connectivity index (χ3n) is 8.84. The van der Waals surface area contributed by atoms with E-state index in [-0.39, 0.29) is 11.4 Å². The molecule has 0 aliphatic heterocycles. The lowest BCUT2D eigenvalue weighted by molar-refractivity contribution is -0.143. The van der Waals surface area contributed by atoms with Crippen LogP contribution < -0.4 is 0 Å². The Bertz CT molecular complexity index is 904. The number of hydrogen-bond acceptors (Lipinski definition) is 5. The van der Waals surface area contributed by atoms with Crippen LogP contribution in [0.3, 0.4) is 0 Å². The average molecular weight is 647 g/mol. The molecule has 4 nitrogen and oxygen atoms in total. The first kappa shape index (κ1) is 41.5. The monoisotopic (exact) mass is 646 g/mol. The molecule has 1 N–H and O–H groups in total. The van der Waals surface area contributed by atoms with Gasteiger partial charge in [-0.1, -0.05) is 143 Å². The summed E-state index contributed by atoms with van der Waals surface area (Å²) in [5.74, 6) is 2.28. The maximum absolute atomic E-state index is 12.2. The highest BCUT2D eigenvalue weighted by atomic mass is 32.2. The van der Waals surface area contributed by atoms with Crippen LogP contribution in [0.2, 0.25) is 0 Å². The first-order valence-electron chi connectivity index (χ1n) is 18.7. The zero-order valence-corrected chi connectivity index (χ0v) is 30.9. The van der Waals surface area contributed by atoms with Crippen molar-refractivity contribution in [2.24, 2.45) is 0 Å². The van der Waals surface area contributed by atoms with Gasteiger partial charge >= 0.3 is 5.97 Å². The maximum atomic E-state index is 12.2. The molecule has 0 aromatic heterocycles. The first-order chi connectivity index (χ1) is 21.6. The Hall–Kier alpha value is -1.49. The van der Waals surface area contributed by atoms with Crippen LogP contribution in [-0.4, -0.2) is 35.0 Å². The molecule has 5 heteroatoms. The molecule has 0 amide bonds. The predicted molar refractivity (Wildman–Crippen MR) is 196 cm³/mol. The normalized spacial score (nSPS) is 11.7. The van der Waals surface area contributed by atoms with E-state index in [1.807, 2.05) is 6.92 Å². The van der Waals surface area contributed by atoms with Gasteiger partial charge in [0, 0.05) is 30.8 Å². The third kappa shape index (κ3) is 22.6. The second-order valence-corrected chi connectivity index (χ2v) is 15.5. The van der Waals surface area contributed by atoms with Crippen molar-refractivity contribution in [1.82, 2.24) is 0 Å². The SMILES string of the molecule is CCCCCCCCCCCCCCCCCC(=O)CCSCCOC(=O)CCCCCCc1cc(C)c(O)c(C(C)(C)C)c1. The van der Waals surface area contributed by atoms with E-state index in [4.69, 9.17) is 4.74 Å². The van der Waals surface area contributed by atoms with E-state index < -0.39 is 0 Å². The zero-order valence-electron chi connectivity index (χ0n) is 30.1. The van der Waals surface area contributed by atoms with Crippen molar-refractivity contribution in [2.75, 3.05) is 18.1 Å². The molecule has 0 aliphatic rings. The lowest BCUT2D eigenvalue weighted by Gasteiger charge is -2.22. The minimum Gasteiger partial charge on any atom is -0.507 e. The number of phenolic OH excluding ortho intramolecular Hbond substituents is 1. The van der Waals surface area contributed by atoms with Gasteiger partial charge in [-0.05, 0) is 54.7 Å². The van der Waals surface area contributed by atoms with Gasteiger partial charge in [0.25, 0.3) is 0 Å². The smallest absolute Gasteiger partial charge is 0.305 e. The quantitative estimate of drug-likeness (QED) is 0.0693. The molecule has 0 fully saturated rings. The highest BCUT2D eigenvalue weighted by molar-refractivity contribution is 7.99. The topological polar surface area (TPSA) is 63.6 Å². The summed E-state index contributed by atoms with van der Waals surface area (Å²) in [6.45, 7) is 11.1. The number of ether oxygens (including phenoxy) is 1. The maximum Gasteiger partial charge on any atom is 0.305 e. The number of esters is 1. The Labute approximate surface area is 282 Å². The number of carbonyl (C=O) groups excluding carboxylic acids is 2. The number of ketones is 1. The third-order valence-corrected chi connectivity index (χ3v) is 9.79. The van der Waals surface area contributed by atoms with Crippen LogP contribution in [0.1, 0.15) is 186 Å². The van der Waals surface area contributed by atoms with Crippen molar-refractivity contribution in [3.8, 4) is 5.75 Å². The summed E-state index contributed by atoms with van der Waals surface area (Å²) in [5.41, 5.74) is 3.16. The molecule has 1 aromatic rings. The Balaban J connectivity index is 1.89. The van der Waals surface area contributed by atoms with Gasteiger partial charge in [-0.25, -0.2) is 0 Å². The van der Waals surface area contributed by atoms with Gasteiger partial charge in [-0.15, -0.1) is 0 Å². The second-order valence-electron chi connectivity index (χ2n) is 14.3. The van der Waals surface area contributed by atoms with Gasteiger partial charge in [0.1, 0.15) is 18.1 Å². The zero-order chi connectivity index (χ0) is 33.2. The second kappa shape index (κ2) is 26.6. The van der Waals surface area contributed by atoms with Crippen molar-refractivity contribution in [3.63, 3.8) is 0 Å². The van der Waals surface area contributed by atoms with Gasteiger partial charge in [0.15, 0.2) is 0 Å². The number of Topliss-reactive ketones (excluding diaryl/α,β-unsaturated/α-hetero) is 1. The fourth-order valence-electron chi connectivity index (χ4n) is 5.92. The van der Waals surface area contributed by atoms with Crippen LogP contribution in [0.5, 0.6) is 5.75 Å². The molecular formula is C40H70O4S. The van der Waals surface area contributed by atoms with Crippen molar-refractivity contribution in [1.29, 1.82) is 0 Å². The number of phenols is 1. The molecule has 0 saturated carbocycles. The van der Waals surface area contributed by atoms with Crippen LogP contribution in [0.4, 0.5) is 0 Å². The molecule has 260 valence electrons. The summed E-state index contributed by atoms with van der Waals surface area (Å²) >= 11 is 1.71. The molecule has 1 aromatic carbocycles. The van der Waals surface area contributed by atoms with Crippen LogP contribution in [0.25, 0.3) is 0 Å². The van der Waals surface area contributed by atoms with Crippen LogP contribution in [-0.2, 0) is 26.2 Å². The molecule has 45 heavy (non-hydrogen) atoms. The summed E-state index contributed by atoms with van der Waals surface area (Å²) in [5, 5.41) is 10.4. The fourth-order valence-corrected chi connectivity index (χ4v) is 6.69. The molecule has 1 rings (SSSR count). The van der Waals surface area contributed by atoms with Crippen LogP contribution >= 0.6 is 11.8 Å². The average Bonchev–Trinajstić information content (AvgIpc) is 2.99. The lowest BCUT2D eigenvalue weighted by Crippen LogP contribution is -2.12. The van der Waals surface area contributed by atoms with E-state index in [0.717, 1.165) is 67.6 Å². The minimum atomic E-state index is -0.108. The molecule has 0 unspecified atom stereocenters. The summed E-state index contributed by atoms with van der Waals surface area (Å²) in [7, 11) is 0. The number of aromatic hydroxyl groups is 1. The summed E-state index contributed by atoms with van der Waals surface area (Å²) < 4.78 is 5.39. The van der Waals surface area contributed by atoms with E-state index >= 15 is 0 Å². The fraction of sp³-hybridized carbons (Fsp3) is 0.800. The van der Waals surface area contributed by atoms with Gasteiger partial charge in [0.05, 0.1) is 0 Å². The molecule has 0 aliphatic carbocycles. The minimum absolute atomic E-state index is 0.0771. The highest BCUT2D eigenvalue weighted by Gasteiger charge is 2.20. The molecular weight excluding hydrogens is 577 g/mol. The number of unbranched alkanes of at least 4 members (excludes halogenated alkanes) is 17. The number of thioether (sulfide) groups is 1. The largest absolute Gasteiger partial charge is 0.507 e. The van der Waals surface area contributed by atoms with Crippen molar-refractivity contribution in [3.05, 3.63) is 28.8 Å². The van der Waals surface area contributed by atoms with Crippen LogP contribution in [0, 0.1) is 6.92 Å². The van der Waals surface area contributed by atoms with E-state index in [1.54, 1.807) is 11.8 Å². The Kier molecular flexibility index (Phi) is 24.5. The molecule has 0 spiro atoms. The summed E-state index contributed by atoms with van der Waals surface area (Å²) in [6, 6.07) is 4.24. The van der Waals surface area contributed by atoms with Crippen molar-refractivity contribution in [2.45, 2.75) is 188 Å². The Morgan fingerprint density at radius 1 is 0.689 bits per heavy atom. The van der Waals surface area contributed by atoms with Crippen molar-refractivity contribution < 1.29 is 19.4 Å². The number of carbonyl (C=O) groups is 2. The standard InChI is InChI=1S/C40H70O4S/c1-6-7-8-9-10-11-12-13-14-15-16-17-18-19-23-26-36(41)28-30-45-31-29-44-38(42)27-24-21-20-22-25-35-32-34(2)39(43)37(33-35)40(3,4)5/h32-33,43H,6-31H2,1-5H3. The summed E-state index contributed by atoms with van der Waals surface area (Å²) in [4.78, 5) is 24.2. The highest BCUT2D eigenvalue weighted by Crippen LogP contribution is 2.34. The predicted octanol–water partition coefficient (Wildman–Crippen LogP) is 12.0. The van der Waals surface area contributed by atoms with E-state index in [2.05, 4.69) is 39.8 Å². The van der Waals surface area contributed by atoms with E-state index in [9.17, 15) is 14.7 Å². The van der Waals surface area contributed by atoms with E-state index in [0.29, 0.717) is 31.0 Å². The molecule has 0 heterocycles. The van der Waals surface area contributed by atoms with Gasteiger partial charge < -0.3 is 9.84 Å². The molecule has 0 radical (unpaired) electrons.